The monoisotopic (exact) mass is 329 g/mol. The lowest BCUT2D eigenvalue weighted by molar-refractivity contribution is -0.393. The summed E-state index contributed by atoms with van der Waals surface area (Å²) in [4.78, 5) is 22.8. The van der Waals surface area contributed by atoms with Gasteiger partial charge in [-0.05, 0) is 36.5 Å². The van der Waals surface area contributed by atoms with Gasteiger partial charge in [-0.25, -0.2) is 0 Å². The van der Waals surface area contributed by atoms with Crippen molar-refractivity contribution in [3.8, 4) is 0 Å². The third-order valence-corrected chi connectivity index (χ3v) is 4.28. The van der Waals surface area contributed by atoms with Gasteiger partial charge in [0.15, 0.2) is 0 Å². The van der Waals surface area contributed by atoms with E-state index >= 15 is 0 Å². The van der Waals surface area contributed by atoms with Gasteiger partial charge in [-0.2, -0.15) is 10.2 Å². The zero-order valence-corrected chi connectivity index (χ0v) is 12.7. The standard InChI is InChI=1S/C15H15N5O4/c21-19(22)13-1-2-14(15(9-13)20(23)24)18-7-4-11(5-8-18)12-3-6-16-17-10-12/h1-3,6,9-11H,4-5,7-8H2. The van der Waals surface area contributed by atoms with E-state index in [9.17, 15) is 20.2 Å². The summed E-state index contributed by atoms with van der Waals surface area (Å²) < 4.78 is 0. The Kier molecular flexibility index (Phi) is 4.32. The third-order valence-electron chi connectivity index (χ3n) is 4.28. The average molecular weight is 329 g/mol. The highest BCUT2D eigenvalue weighted by atomic mass is 16.6. The highest BCUT2D eigenvalue weighted by Crippen LogP contribution is 2.36. The van der Waals surface area contributed by atoms with Crippen LogP contribution in [0.2, 0.25) is 0 Å². The molecule has 0 atom stereocenters. The summed E-state index contributed by atoms with van der Waals surface area (Å²) in [5.74, 6) is 0.342. The Labute approximate surface area is 137 Å². The minimum Gasteiger partial charge on any atom is -0.366 e. The van der Waals surface area contributed by atoms with Crippen LogP contribution in [0.4, 0.5) is 17.1 Å². The first-order valence-electron chi connectivity index (χ1n) is 7.50. The number of hydrogen-bond acceptors (Lipinski definition) is 7. The number of nitro benzene ring substituents is 2. The van der Waals surface area contributed by atoms with Crippen LogP contribution in [0.5, 0.6) is 0 Å². The molecule has 1 aromatic heterocycles. The van der Waals surface area contributed by atoms with Gasteiger partial charge in [-0.15, -0.1) is 0 Å². The van der Waals surface area contributed by atoms with Crippen molar-refractivity contribution in [2.24, 2.45) is 0 Å². The Morgan fingerprint density at radius 2 is 1.79 bits per heavy atom. The van der Waals surface area contributed by atoms with Crippen LogP contribution >= 0.6 is 0 Å². The van der Waals surface area contributed by atoms with Gasteiger partial charge < -0.3 is 4.90 Å². The molecule has 1 saturated heterocycles. The van der Waals surface area contributed by atoms with Crippen LogP contribution in [0.25, 0.3) is 0 Å². The molecule has 1 aliphatic heterocycles. The van der Waals surface area contributed by atoms with Crippen LogP contribution in [0.1, 0.15) is 24.3 Å². The number of aromatic nitrogens is 2. The van der Waals surface area contributed by atoms with Crippen LogP contribution in [-0.4, -0.2) is 33.1 Å². The molecule has 124 valence electrons. The van der Waals surface area contributed by atoms with Crippen LogP contribution in [0.15, 0.2) is 36.7 Å². The molecule has 9 heteroatoms. The molecule has 0 radical (unpaired) electrons. The largest absolute Gasteiger partial charge is 0.366 e. The molecule has 24 heavy (non-hydrogen) atoms. The molecular formula is C15H15N5O4. The maximum absolute atomic E-state index is 11.3. The van der Waals surface area contributed by atoms with Gasteiger partial charge in [-0.3, -0.25) is 20.2 Å². The summed E-state index contributed by atoms with van der Waals surface area (Å²) in [5, 5.41) is 29.7. The van der Waals surface area contributed by atoms with Gasteiger partial charge in [0.25, 0.3) is 11.4 Å². The Morgan fingerprint density at radius 3 is 2.38 bits per heavy atom. The van der Waals surface area contributed by atoms with E-state index in [-0.39, 0.29) is 11.4 Å². The third kappa shape index (κ3) is 3.14. The van der Waals surface area contributed by atoms with Gasteiger partial charge in [0.2, 0.25) is 0 Å². The van der Waals surface area contributed by atoms with Crippen molar-refractivity contribution in [3.63, 3.8) is 0 Å². The molecule has 2 aromatic rings. The number of piperidine rings is 1. The Morgan fingerprint density at radius 1 is 1.04 bits per heavy atom. The molecule has 0 aliphatic carbocycles. The normalized spacial score (nSPS) is 15.2. The first-order valence-corrected chi connectivity index (χ1v) is 7.50. The van der Waals surface area contributed by atoms with Crippen molar-refractivity contribution in [1.82, 2.24) is 10.2 Å². The number of anilines is 1. The van der Waals surface area contributed by atoms with Crippen molar-refractivity contribution in [2.45, 2.75) is 18.8 Å². The summed E-state index contributed by atoms with van der Waals surface area (Å²) >= 11 is 0. The summed E-state index contributed by atoms with van der Waals surface area (Å²) in [6, 6.07) is 5.72. The fraction of sp³-hybridized carbons (Fsp3) is 0.333. The van der Waals surface area contributed by atoms with Crippen molar-refractivity contribution >= 4 is 17.1 Å². The van der Waals surface area contributed by atoms with E-state index in [0.29, 0.717) is 24.7 Å². The van der Waals surface area contributed by atoms with E-state index < -0.39 is 9.85 Å². The zero-order valence-electron chi connectivity index (χ0n) is 12.7. The molecule has 0 amide bonds. The molecule has 9 nitrogen and oxygen atoms in total. The van der Waals surface area contributed by atoms with Crippen LogP contribution in [0, 0.1) is 20.2 Å². The average Bonchev–Trinajstić information content (AvgIpc) is 2.62. The number of rotatable bonds is 4. The quantitative estimate of drug-likeness (QED) is 0.625. The number of nitrogens with zero attached hydrogens (tertiary/aromatic N) is 5. The molecule has 0 saturated carbocycles. The highest BCUT2D eigenvalue weighted by Gasteiger charge is 2.27. The van der Waals surface area contributed by atoms with Gasteiger partial charge in [0.05, 0.1) is 22.1 Å². The van der Waals surface area contributed by atoms with Gasteiger partial charge in [0.1, 0.15) is 5.69 Å². The molecule has 0 N–H and O–H groups in total. The van der Waals surface area contributed by atoms with E-state index in [1.807, 2.05) is 11.0 Å². The van der Waals surface area contributed by atoms with Gasteiger partial charge in [0, 0.05) is 25.4 Å². The van der Waals surface area contributed by atoms with E-state index in [1.165, 1.54) is 12.1 Å². The molecule has 3 rings (SSSR count). The second kappa shape index (κ2) is 6.57. The maximum atomic E-state index is 11.3. The first kappa shape index (κ1) is 15.8. The maximum Gasteiger partial charge on any atom is 0.299 e. The van der Waals surface area contributed by atoms with Crippen LogP contribution < -0.4 is 4.90 Å². The highest BCUT2D eigenvalue weighted by molar-refractivity contribution is 5.67. The second-order valence-corrected chi connectivity index (χ2v) is 5.62. The minimum atomic E-state index is -0.626. The van der Waals surface area contributed by atoms with Crippen LogP contribution in [-0.2, 0) is 0 Å². The second-order valence-electron chi connectivity index (χ2n) is 5.62. The van der Waals surface area contributed by atoms with Crippen LogP contribution in [0.3, 0.4) is 0 Å². The summed E-state index contributed by atoms with van der Waals surface area (Å²) in [7, 11) is 0. The lowest BCUT2D eigenvalue weighted by atomic mass is 9.90. The number of benzene rings is 1. The molecule has 2 heterocycles. The lowest BCUT2D eigenvalue weighted by Crippen LogP contribution is -2.33. The number of nitro groups is 2. The van der Waals surface area contributed by atoms with E-state index in [2.05, 4.69) is 10.2 Å². The Bertz CT molecular complexity index is 760. The van der Waals surface area contributed by atoms with Crippen molar-refractivity contribution in [3.05, 3.63) is 62.5 Å². The Balaban J connectivity index is 1.79. The first-order chi connectivity index (χ1) is 11.6. The van der Waals surface area contributed by atoms with Crippen molar-refractivity contribution in [2.75, 3.05) is 18.0 Å². The predicted molar refractivity (Wildman–Crippen MR) is 86.0 cm³/mol. The number of non-ortho nitro benzene ring substituents is 1. The summed E-state index contributed by atoms with van der Waals surface area (Å²) in [6.45, 7) is 1.29. The van der Waals surface area contributed by atoms with E-state index in [0.717, 1.165) is 24.5 Å². The summed E-state index contributed by atoms with van der Waals surface area (Å²) in [5.41, 5.74) is 1.04. The molecule has 1 aliphatic rings. The molecule has 0 bridgehead atoms. The molecule has 1 fully saturated rings. The SMILES string of the molecule is O=[N+]([O-])c1ccc(N2CCC(c3ccnnc3)CC2)c([N+](=O)[O-])c1. The topological polar surface area (TPSA) is 115 Å². The molecule has 0 unspecified atom stereocenters. The van der Waals surface area contributed by atoms with Crippen molar-refractivity contribution in [1.29, 1.82) is 0 Å². The number of hydrogen-bond donors (Lipinski definition) is 0. The predicted octanol–water partition coefficient (Wildman–Crippen LogP) is 2.68. The van der Waals surface area contributed by atoms with E-state index in [4.69, 9.17) is 0 Å². The molecular weight excluding hydrogens is 314 g/mol. The minimum absolute atomic E-state index is 0.228. The van der Waals surface area contributed by atoms with Gasteiger partial charge in [-0.1, -0.05) is 0 Å². The fourth-order valence-corrected chi connectivity index (χ4v) is 3.04. The smallest absolute Gasteiger partial charge is 0.299 e. The van der Waals surface area contributed by atoms with E-state index in [1.54, 1.807) is 12.4 Å². The zero-order chi connectivity index (χ0) is 17.1. The summed E-state index contributed by atoms with van der Waals surface area (Å²) in [6.07, 6.45) is 5.07. The molecule has 1 aromatic carbocycles. The molecule has 0 spiro atoms. The Hall–Kier alpha value is -3.10. The van der Waals surface area contributed by atoms with Crippen molar-refractivity contribution < 1.29 is 9.85 Å². The fourth-order valence-electron chi connectivity index (χ4n) is 3.04. The lowest BCUT2D eigenvalue weighted by Gasteiger charge is -2.33. The van der Waals surface area contributed by atoms with Gasteiger partial charge >= 0.3 is 0 Å².